The molecule has 0 aromatic heterocycles. The van der Waals surface area contributed by atoms with Crippen LogP contribution in [0.1, 0.15) is 72.1 Å². The summed E-state index contributed by atoms with van der Waals surface area (Å²) in [5.41, 5.74) is 0.513. The van der Waals surface area contributed by atoms with Gasteiger partial charge in [0, 0.05) is 30.7 Å². The van der Waals surface area contributed by atoms with Gasteiger partial charge in [-0.2, -0.15) is 0 Å². The van der Waals surface area contributed by atoms with Crippen LogP contribution in [0.3, 0.4) is 0 Å². The van der Waals surface area contributed by atoms with Gasteiger partial charge >= 0.3 is 0 Å². The molecule has 0 amide bonds. The van der Waals surface area contributed by atoms with Crippen molar-refractivity contribution >= 4 is 0 Å². The molecule has 2 aliphatic rings. The second-order valence-corrected chi connectivity index (χ2v) is 6.59. The summed E-state index contributed by atoms with van der Waals surface area (Å²) in [4.78, 5) is 2.89. The molecule has 18 heavy (non-hydrogen) atoms. The van der Waals surface area contributed by atoms with Gasteiger partial charge in [0.1, 0.15) is 0 Å². The Morgan fingerprint density at radius 2 is 1.94 bits per heavy atom. The molecule has 1 N–H and O–H groups in total. The van der Waals surface area contributed by atoms with E-state index in [1.807, 2.05) is 0 Å². The van der Waals surface area contributed by atoms with E-state index in [1.165, 1.54) is 64.5 Å². The fourth-order valence-electron chi connectivity index (χ4n) is 4.19. The Bertz CT molecular complexity index is 245. The predicted molar refractivity (Wildman–Crippen MR) is 79.0 cm³/mol. The van der Waals surface area contributed by atoms with Crippen molar-refractivity contribution < 1.29 is 0 Å². The smallest absolute Gasteiger partial charge is 0.0337 e. The zero-order valence-electron chi connectivity index (χ0n) is 12.7. The third-order valence-corrected chi connectivity index (χ3v) is 5.16. The molecule has 2 rings (SSSR count). The molecular weight excluding hydrogens is 220 g/mol. The molecule has 1 saturated carbocycles. The van der Waals surface area contributed by atoms with Crippen LogP contribution in [0.4, 0.5) is 0 Å². The van der Waals surface area contributed by atoms with E-state index >= 15 is 0 Å². The number of hydrogen-bond acceptors (Lipinski definition) is 2. The van der Waals surface area contributed by atoms with Crippen LogP contribution in [-0.4, -0.2) is 35.6 Å². The minimum atomic E-state index is 0.513. The van der Waals surface area contributed by atoms with Crippen molar-refractivity contribution in [1.29, 1.82) is 0 Å². The number of nitrogens with zero attached hydrogens (tertiary/aromatic N) is 1. The van der Waals surface area contributed by atoms with Crippen molar-refractivity contribution in [2.24, 2.45) is 0 Å². The van der Waals surface area contributed by atoms with E-state index in [0.29, 0.717) is 5.54 Å². The molecule has 1 aliphatic heterocycles. The van der Waals surface area contributed by atoms with Crippen LogP contribution in [0.15, 0.2) is 0 Å². The summed E-state index contributed by atoms with van der Waals surface area (Å²) in [6.07, 6.45) is 11.1. The molecule has 1 aliphatic carbocycles. The Kier molecular flexibility index (Phi) is 5.08. The monoisotopic (exact) mass is 252 g/mol. The van der Waals surface area contributed by atoms with Crippen LogP contribution in [-0.2, 0) is 0 Å². The topological polar surface area (TPSA) is 15.3 Å². The maximum Gasteiger partial charge on any atom is 0.0337 e. The van der Waals surface area contributed by atoms with Crippen LogP contribution in [0.5, 0.6) is 0 Å². The van der Waals surface area contributed by atoms with Crippen molar-refractivity contribution in [3.63, 3.8) is 0 Å². The average molecular weight is 252 g/mol. The molecule has 2 heteroatoms. The molecular formula is C16H32N2. The molecule has 0 aromatic rings. The van der Waals surface area contributed by atoms with Crippen molar-refractivity contribution in [2.45, 2.75) is 89.8 Å². The first-order chi connectivity index (χ1) is 8.72. The predicted octanol–water partition coefficient (Wildman–Crippen LogP) is 3.56. The van der Waals surface area contributed by atoms with Crippen LogP contribution in [0, 0.1) is 0 Å². The van der Waals surface area contributed by atoms with E-state index in [9.17, 15) is 0 Å². The minimum Gasteiger partial charge on any atom is -0.311 e. The summed E-state index contributed by atoms with van der Waals surface area (Å²) in [5, 5.41) is 3.84. The lowest BCUT2D eigenvalue weighted by Crippen LogP contribution is -2.65. The van der Waals surface area contributed by atoms with E-state index in [2.05, 4.69) is 31.0 Å². The molecule has 2 fully saturated rings. The molecule has 0 aromatic carbocycles. The van der Waals surface area contributed by atoms with Gasteiger partial charge in [0.05, 0.1) is 0 Å². The van der Waals surface area contributed by atoms with Gasteiger partial charge in [-0.25, -0.2) is 0 Å². The number of rotatable bonds is 5. The fraction of sp³-hybridized carbons (Fsp3) is 1.00. The van der Waals surface area contributed by atoms with E-state index in [4.69, 9.17) is 0 Å². The lowest BCUT2D eigenvalue weighted by atomic mass is 9.88. The van der Waals surface area contributed by atoms with Gasteiger partial charge in [-0.05, 0) is 32.6 Å². The average Bonchev–Trinajstić information content (AvgIpc) is 2.82. The Morgan fingerprint density at radius 3 is 2.56 bits per heavy atom. The summed E-state index contributed by atoms with van der Waals surface area (Å²) in [7, 11) is 0. The summed E-state index contributed by atoms with van der Waals surface area (Å²) in [6.45, 7) is 9.61. The van der Waals surface area contributed by atoms with Crippen molar-refractivity contribution in [1.82, 2.24) is 10.2 Å². The molecule has 106 valence electrons. The second kappa shape index (κ2) is 6.38. The molecule has 2 atom stereocenters. The number of hydrogen-bond donors (Lipinski definition) is 1. The standard InChI is InChI=1S/C16H32N2/c1-4-8-14(3)18-12-15(9-5-2)17-13-16(18)10-6-7-11-16/h14-15,17H,4-13H2,1-3H3. The highest BCUT2D eigenvalue weighted by Gasteiger charge is 2.44. The third-order valence-electron chi connectivity index (χ3n) is 5.16. The fourth-order valence-corrected chi connectivity index (χ4v) is 4.19. The maximum absolute atomic E-state index is 3.84. The van der Waals surface area contributed by atoms with Gasteiger partial charge in [0.25, 0.3) is 0 Å². The summed E-state index contributed by atoms with van der Waals surface area (Å²) < 4.78 is 0. The van der Waals surface area contributed by atoms with Crippen LogP contribution >= 0.6 is 0 Å². The SMILES string of the molecule is CCCC1CN(C(C)CCC)C2(CCCC2)CN1. The summed E-state index contributed by atoms with van der Waals surface area (Å²) in [6, 6.07) is 1.51. The lowest BCUT2D eigenvalue weighted by molar-refractivity contribution is 0.00624. The summed E-state index contributed by atoms with van der Waals surface area (Å²) >= 11 is 0. The highest BCUT2D eigenvalue weighted by Crippen LogP contribution is 2.39. The van der Waals surface area contributed by atoms with Crippen LogP contribution in [0.25, 0.3) is 0 Å². The van der Waals surface area contributed by atoms with Crippen molar-refractivity contribution in [3.8, 4) is 0 Å². The number of nitrogens with one attached hydrogen (secondary N) is 1. The molecule has 2 nitrogen and oxygen atoms in total. The Balaban J connectivity index is 2.05. The Hall–Kier alpha value is -0.0800. The highest BCUT2D eigenvalue weighted by molar-refractivity contribution is 5.03. The van der Waals surface area contributed by atoms with E-state index < -0.39 is 0 Å². The number of piperazine rings is 1. The van der Waals surface area contributed by atoms with Gasteiger partial charge in [0.15, 0.2) is 0 Å². The first kappa shape index (κ1) is 14.3. The van der Waals surface area contributed by atoms with E-state index in [1.54, 1.807) is 0 Å². The first-order valence-electron chi connectivity index (χ1n) is 8.22. The highest BCUT2D eigenvalue weighted by atomic mass is 15.3. The Labute approximate surface area is 114 Å². The molecule has 2 unspecified atom stereocenters. The van der Waals surface area contributed by atoms with Crippen molar-refractivity contribution in [2.75, 3.05) is 13.1 Å². The molecule has 1 heterocycles. The van der Waals surface area contributed by atoms with Gasteiger partial charge in [-0.3, -0.25) is 4.90 Å². The molecule has 1 saturated heterocycles. The minimum absolute atomic E-state index is 0.513. The van der Waals surface area contributed by atoms with Crippen molar-refractivity contribution in [3.05, 3.63) is 0 Å². The largest absolute Gasteiger partial charge is 0.311 e. The zero-order valence-corrected chi connectivity index (χ0v) is 12.7. The van der Waals surface area contributed by atoms with Gasteiger partial charge in [-0.15, -0.1) is 0 Å². The maximum atomic E-state index is 3.84. The molecule has 1 spiro atoms. The van der Waals surface area contributed by atoms with Gasteiger partial charge < -0.3 is 5.32 Å². The molecule has 0 bridgehead atoms. The first-order valence-corrected chi connectivity index (χ1v) is 8.22. The quantitative estimate of drug-likeness (QED) is 0.805. The van der Waals surface area contributed by atoms with Gasteiger partial charge in [-0.1, -0.05) is 39.5 Å². The van der Waals surface area contributed by atoms with Crippen LogP contribution in [0.2, 0.25) is 0 Å². The van der Waals surface area contributed by atoms with E-state index in [-0.39, 0.29) is 0 Å². The van der Waals surface area contributed by atoms with Gasteiger partial charge in [0.2, 0.25) is 0 Å². The third kappa shape index (κ3) is 2.91. The summed E-state index contributed by atoms with van der Waals surface area (Å²) in [5.74, 6) is 0. The van der Waals surface area contributed by atoms with E-state index in [0.717, 1.165) is 12.1 Å². The zero-order chi connectivity index (χ0) is 13.0. The Morgan fingerprint density at radius 1 is 1.22 bits per heavy atom. The normalized spacial score (nSPS) is 29.8. The second-order valence-electron chi connectivity index (χ2n) is 6.59. The molecule has 0 radical (unpaired) electrons. The lowest BCUT2D eigenvalue weighted by Gasteiger charge is -2.51. The van der Waals surface area contributed by atoms with Crippen LogP contribution < -0.4 is 5.32 Å².